The van der Waals surface area contributed by atoms with Crippen molar-refractivity contribution < 1.29 is 13.5 Å². The van der Waals surface area contributed by atoms with E-state index < -0.39 is 15.4 Å². The predicted octanol–water partition coefficient (Wildman–Crippen LogP) is 0.560. The van der Waals surface area contributed by atoms with Gasteiger partial charge >= 0.3 is 0 Å². The van der Waals surface area contributed by atoms with Crippen molar-refractivity contribution in [3.05, 3.63) is 0 Å². The highest BCUT2D eigenvalue weighted by Crippen LogP contribution is 2.10. The minimum Gasteiger partial charge on any atom is -0.389 e. The predicted molar refractivity (Wildman–Crippen MR) is 62.7 cm³/mol. The molecule has 0 rings (SSSR count). The molecule has 0 aromatic heterocycles. The summed E-state index contributed by atoms with van der Waals surface area (Å²) in [6.07, 6.45) is 2.84. The lowest BCUT2D eigenvalue weighted by Crippen LogP contribution is -2.43. The highest BCUT2D eigenvalue weighted by Gasteiger charge is 2.20. The number of nitrogens with one attached hydrogen (secondary N) is 1. The van der Waals surface area contributed by atoms with Crippen LogP contribution in [0.1, 0.15) is 33.6 Å². The molecular formula is C10H23NO3S. The Bertz CT molecular complexity index is 272. The second-order valence-electron chi connectivity index (χ2n) is 4.62. The van der Waals surface area contributed by atoms with Gasteiger partial charge < -0.3 is 10.4 Å². The van der Waals surface area contributed by atoms with E-state index in [0.717, 1.165) is 6.42 Å². The maximum Gasteiger partial charge on any atom is 0.148 e. The molecule has 0 aromatic rings. The molecular weight excluding hydrogens is 214 g/mol. The van der Waals surface area contributed by atoms with Crippen LogP contribution < -0.4 is 5.32 Å². The topological polar surface area (TPSA) is 66.4 Å². The van der Waals surface area contributed by atoms with Gasteiger partial charge in [-0.1, -0.05) is 13.3 Å². The van der Waals surface area contributed by atoms with E-state index in [1.165, 1.54) is 6.26 Å². The van der Waals surface area contributed by atoms with E-state index in [-0.39, 0.29) is 11.8 Å². The molecule has 0 spiro atoms. The monoisotopic (exact) mass is 237 g/mol. The van der Waals surface area contributed by atoms with Crippen LogP contribution in [-0.4, -0.2) is 43.7 Å². The molecule has 0 radical (unpaired) electrons. The van der Waals surface area contributed by atoms with Crippen LogP contribution in [0.4, 0.5) is 0 Å². The van der Waals surface area contributed by atoms with Gasteiger partial charge in [-0.25, -0.2) is 8.42 Å². The quantitative estimate of drug-likeness (QED) is 0.679. The van der Waals surface area contributed by atoms with Crippen molar-refractivity contribution in [2.45, 2.75) is 45.3 Å². The third kappa shape index (κ3) is 8.84. The molecule has 2 unspecified atom stereocenters. The average Bonchev–Trinajstić information content (AvgIpc) is 1.98. The van der Waals surface area contributed by atoms with Gasteiger partial charge in [0.05, 0.1) is 11.4 Å². The molecule has 92 valence electrons. The van der Waals surface area contributed by atoms with E-state index in [1.807, 2.05) is 13.8 Å². The van der Waals surface area contributed by atoms with Gasteiger partial charge in [-0.2, -0.15) is 0 Å². The Morgan fingerprint density at radius 3 is 2.40 bits per heavy atom. The summed E-state index contributed by atoms with van der Waals surface area (Å²) in [5.41, 5.74) is -0.749. The molecule has 0 bridgehead atoms. The summed E-state index contributed by atoms with van der Waals surface area (Å²) >= 11 is 0. The zero-order valence-electron chi connectivity index (χ0n) is 10.1. The largest absolute Gasteiger partial charge is 0.389 e. The normalized spacial score (nSPS) is 18.5. The lowest BCUT2D eigenvalue weighted by molar-refractivity contribution is 0.0483. The molecule has 0 heterocycles. The van der Waals surface area contributed by atoms with E-state index in [4.69, 9.17) is 0 Å². The van der Waals surface area contributed by atoms with Crippen LogP contribution in [-0.2, 0) is 9.84 Å². The van der Waals surface area contributed by atoms with Gasteiger partial charge in [-0.05, 0) is 20.3 Å². The SMILES string of the molecule is CCCC(C)(O)CNC(C)CS(C)(=O)=O. The van der Waals surface area contributed by atoms with E-state index in [0.29, 0.717) is 13.0 Å². The van der Waals surface area contributed by atoms with Crippen molar-refractivity contribution in [2.75, 3.05) is 18.6 Å². The average molecular weight is 237 g/mol. The fourth-order valence-corrected chi connectivity index (χ4v) is 2.56. The zero-order valence-corrected chi connectivity index (χ0v) is 10.9. The number of hydrogen-bond donors (Lipinski definition) is 2. The zero-order chi connectivity index (χ0) is 12.1. The highest BCUT2D eigenvalue weighted by molar-refractivity contribution is 7.90. The standard InChI is InChI=1S/C10H23NO3S/c1-5-6-10(3,12)8-11-9(2)7-15(4,13)14/h9,11-12H,5-8H2,1-4H3. The molecule has 0 fully saturated rings. The Labute approximate surface area is 93.0 Å². The summed E-state index contributed by atoms with van der Waals surface area (Å²) in [5.74, 6) is 0.106. The minimum absolute atomic E-state index is 0.106. The second kappa shape index (κ2) is 5.82. The van der Waals surface area contributed by atoms with Gasteiger partial charge in [0.1, 0.15) is 9.84 Å². The smallest absolute Gasteiger partial charge is 0.148 e. The molecule has 0 amide bonds. The van der Waals surface area contributed by atoms with Crippen molar-refractivity contribution in [2.24, 2.45) is 0 Å². The number of hydrogen-bond acceptors (Lipinski definition) is 4. The van der Waals surface area contributed by atoms with E-state index >= 15 is 0 Å². The Morgan fingerprint density at radius 2 is 2.00 bits per heavy atom. The lowest BCUT2D eigenvalue weighted by atomic mass is 10.0. The maximum atomic E-state index is 11.0. The molecule has 0 aliphatic heterocycles. The highest BCUT2D eigenvalue weighted by atomic mass is 32.2. The molecule has 2 N–H and O–H groups in total. The van der Waals surface area contributed by atoms with Crippen molar-refractivity contribution in [1.29, 1.82) is 0 Å². The Morgan fingerprint density at radius 1 is 1.47 bits per heavy atom. The van der Waals surface area contributed by atoms with Crippen LogP contribution in [0, 0.1) is 0 Å². The van der Waals surface area contributed by atoms with Crippen molar-refractivity contribution in [1.82, 2.24) is 5.32 Å². The first kappa shape index (κ1) is 14.9. The number of aliphatic hydroxyl groups is 1. The maximum absolute atomic E-state index is 11.0. The van der Waals surface area contributed by atoms with Crippen LogP contribution >= 0.6 is 0 Å². The third-order valence-electron chi connectivity index (χ3n) is 2.17. The summed E-state index contributed by atoms with van der Waals surface area (Å²) in [6, 6.07) is -0.122. The Hall–Kier alpha value is -0.130. The third-order valence-corrected chi connectivity index (χ3v) is 3.28. The van der Waals surface area contributed by atoms with Crippen molar-refractivity contribution in [3.8, 4) is 0 Å². The van der Waals surface area contributed by atoms with Crippen LogP contribution in [0.25, 0.3) is 0 Å². The van der Waals surface area contributed by atoms with Crippen LogP contribution in [0.2, 0.25) is 0 Å². The molecule has 5 heteroatoms. The Balaban J connectivity index is 3.95. The summed E-state index contributed by atoms with van der Waals surface area (Å²) in [5, 5.41) is 12.9. The van der Waals surface area contributed by atoms with E-state index in [9.17, 15) is 13.5 Å². The first-order valence-electron chi connectivity index (χ1n) is 5.30. The minimum atomic E-state index is -2.95. The summed E-state index contributed by atoms with van der Waals surface area (Å²) < 4.78 is 22.0. The molecule has 0 aliphatic rings. The van der Waals surface area contributed by atoms with Gasteiger partial charge in [0.25, 0.3) is 0 Å². The summed E-state index contributed by atoms with van der Waals surface area (Å²) in [6.45, 7) is 6.01. The first-order valence-corrected chi connectivity index (χ1v) is 7.36. The van der Waals surface area contributed by atoms with Crippen LogP contribution in [0.15, 0.2) is 0 Å². The molecule has 4 nitrogen and oxygen atoms in total. The van der Waals surface area contributed by atoms with Crippen LogP contribution in [0.3, 0.4) is 0 Å². The van der Waals surface area contributed by atoms with Gasteiger partial charge in [-0.3, -0.25) is 0 Å². The van der Waals surface area contributed by atoms with Crippen LogP contribution in [0.5, 0.6) is 0 Å². The molecule has 0 aliphatic carbocycles. The van der Waals surface area contributed by atoms with Crippen molar-refractivity contribution >= 4 is 9.84 Å². The molecule has 0 saturated carbocycles. The summed E-state index contributed by atoms with van der Waals surface area (Å²) in [4.78, 5) is 0. The lowest BCUT2D eigenvalue weighted by Gasteiger charge is -2.25. The molecule has 0 aromatic carbocycles. The van der Waals surface area contributed by atoms with Gasteiger partial charge in [0, 0.05) is 18.8 Å². The van der Waals surface area contributed by atoms with E-state index in [2.05, 4.69) is 5.32 Å². The fourth-order valence-electron chi connectivity index (χ4n) is 1.53. The van der Waals surface area contributed by atoms with Gasteiger partial charge in [0.15, 0.2) is 0 Å². The summed E-state index contributed by atoms with van der Waals surface area (Å²) in [7, 11) is -2.95. The Kier molecular flexibility index (Phi) is 5.77. The molecule has 0 saturated heterocycles. The van der Waals surface area contributed by atoms with Gasteiger partial charge in [-0.15, -0.1) is 0 Å². The fraction of sp³-hybridized carbons (Fsp3) is 1.00. The van der Waals surface area contributed by atoms with E-state index in [1.54, 1.807) is 6.92 Å². The molecule has 15 heavy (non-hydrogen) atoms. The van der Waals surface area contributed by atoms with Crippen molar-refractivity contribution in [3.63, 3.8) is 0 Å². The van der Waals surface area contributed by atoms with Gasteiger partial charge in [0.2, 0.25) is 0 Å². The number of sulfone groups is 1. The number of rotatable bonds is 7. The first-order chi connectivity index (χ1) is 6.66. The molecule has 2 atom stereocenters. The second-order valence-corrected chi connectivity index (χ2v) is 6.81.